The molecule has 6 nitrogen and oxygen atoms in total. The van der Waals surface area contributed by atoms with Crippen LogP contribution in [0.4, 0.5) is 0 Å². The van der Waals surface area contributed by atoms with Crippen molar-refractivity contribution in [1.29, 1.82) is 0 Å². The maximum Gasteiger partial charge on any atom is 0.323 e. The van der Waals surface area contributed by atoms with Gasteiger partial charge in [-0.15, -0.1) is 0 Å². The summed E-state index contributed by atoms with van der Waals surface area (Å²) in [6.07, 6.45) is 0.748. The van der Waals surface area contributed by atoms with Gasteiger partial charge in [-0.2, -0.15) is 0 Å². The summed E-state index contributed by atoms with van der Waals surface area (Å²) in [4.78, 5) is 29.6. The smallest absolute Gasteiger partial charge is 0.323 e. The molecule has 1 aliphatic rings. The van der Waals surface area contributed by atoms with Crippen LogP contribution < -0.4 is 5.69 Å². The molecule has 0 radical (unpaired) electrons. The van der Waals surface area contributed by atoms with Gasteiger partial charge in [0, 0.05) is 6.54 Å². The molecule has 0 bridgehead atoms. The van der Waals surface area contributed by atoms with Crippen LogP contribution in [-0.4, -0.2) is 40.7 Å². The van der Waals surface area contributed by atoms with Gasteiger partial charge in [0.05, 0.1) is 11.0 Å². The monoisotopic (exact) mass is 247 g/mol. The molecule has 18 heavy (non-hydrogen) atoms. The third-order valence-electron chi connectivity index (χ3n) is 3.08. The van der Waals surface area contributed by atoms with E-state index in [-0.39, 0.29) is 18.2 Å². The molecule has 0 spiro atoms. The lowest BCUT2D eigenvalue weighted by Gasteiger charge is -2.13. The standard InChI is InChI=1S/C12H13N3O3/c16-11-6-18-7-15(11)4-3-8-1-2-9-10(5-8)14-12(17)13-9/h1-2,5H,3-4,6-7H2,(H2,13,14,17). The Morgan fingerprint density at radius 2 is 2.06 bits per heavy atom. The number of ether oxygens (including phenoxy) is 1. The molecule has 0 atom stereocenters. The minimum absolute atomic E-state index is 0.0335. The normalized spacial score (nSPS) is 15.8. The van der Waals surface area contributed by atoms with Gasteiger partial charge in [0.25, 0.3) is 0 Å². The molecule has 1 saturated heterocycles. The Labute approximate surface area is 103 Å². The Hall–Kier alpha value is -2.08. The van der Waals surface area contributed by atoms with Crippen molar-refractivity contribution in [3.05, 3.63) is 34.2 Å². The Morgan fingerprint density at radius 1 is 1.22 bits per heavy atom. The number of rotatable bonds is 3. The Bertz CT molecular complexity index is 643. The molecular weight excluding hydrogens is 234 g/mol. The second kappa shape index (κ2) is 4.30. The molecular formula is C12H13N3O3. The van der Waals surface area contributed by atoms with Gasteiger partial charge in [-0.1, -0.05) is 6.07 Å². The molecule has 0 aliphatic carbocycles. The van der Waals surface area contributed by atoms with E-state index in [1.165, 1.54) is 0 Å². The van der Waals surface area contributed by atoms with Crippen LogP contribution in [0, 0.1) is 0 Å². The molecule has 1 amide bonds. The number of hydrogen-bond acceptors (Lipinski definition) is 3. The Kier molecular flexibility index (Phi) is 2.64. The Morgan fingerprint density at radius 3 is 2.83 bits per heavy atom. The van der Waals surface area contributed by atoms with Crippen LogP contribution in [0.3, 0.4) is 0 Å². The number of fused-ring (bicyclic) bond motifs is 1. The molecule has 0 saturated carbocycles. The molecule has 2 heterocycles. The van der Waals surface area contributed by atoms with Gasteiger partial charge in [0.15, 0.2) is 0 Å². The van der Waals surface area contributed by atoms with E-state index in [2.05, 4.69) is 9.97 Å². The summed E-state index contributed by atoms with van der Waals surface area (Å²) in [7, 11) is 0. The summed E-state index contributed by atoms with van der Waals surface area (Å²) < 4.78 is 5.06. The molecule has 1 fully saturated rings. The van der Waals surface area contributed by atoms with E-state index in [1.54, 1.807) is 4.90 Å². The minimum atomic E-state index is -0.203. The first-order chi connectivity index (χ1) is 8.72. The van der Waals surface area contributed by atoms with Gasteiger partial charge in [-0.05, 0) is 24.1 Å². The maximum atomic E-state index is 11.4. The molecule has 6 heteroatoms. The highest BCUT2D eigenvalue weighted by Crippen LogP contribution is 2.12. The van der Waals surface area contributed by atoms with Gasteiger partial charge in [-0.25, -0.2) is 4.79 Å². The number of nitrogens with zero attached hydrogens (tertiary/aromatic N) is 1. The predicted molar refractivity (Wildman–Crippen MR) is 65.2 cm³/mol. The van der Waals surface area contributed by atoms with Gasteiger partial charge in [0.2, 0.25) is 5.91 Å². The molecule has 94 valence electrons. The average molecular weight is 247 g/mol. The highest BCUT2D eigenvalue weighted by atomic mass is 16.5. The van der Waals surface area contributed by atoms with Crippen LogP contribution in [-0.2, 0) is 16.0 Å². The van der Waals surface area contributed by atoms with Crippen LogP contribution in [0.25, 0.3) is 11.0 Å². The summed E-state index contributed by atoms with van der Waals surface area (Å²) in [5.74, 6) is 0.0335. The summed E-state index contributed by atoms with van der Waals surface area (Å²) >= 11 is 0. The zero-order valence-electron chi connectivity index (χ0n) is 9.73. The summed E-state index contributed by atoms with van der Waals surface area (Å²) in [6, 6.07) is 5.74. The SMILES string of the molecule is O=C1COCN1CCc1ccc2[nH]c(=O)[nH]c2c1. The first kappa shape index (κ1) is 11.0. The summed E-state index contributed by atoms with van der Waals surface area (Å²) in [5.41, 5.74) is 2.47. The van der Waals surface area contributed by atoms with Crippen molar-refractivity contribution in [2.45, 2.75) is 6.42 Å². The number of carbonyl (C=O) groups excluding carboxylic acids is 1. The average Bonchev–Trinajstić information content (AvgIpc) is 2.90. The van der Waals surface area contributed by atoms with Crippen LogP contribution in [0.1, 0.15) is 5.56 Å². The molecule has 2 aromatic rings. The first-order valence-electron chi connectivity index (χ1n) is 5.79. The van der Waals surface area contributed by atoms with Gasteiger partial charge in [-0.3, -0.25) is 4.79 Å². The van der Waals surface area contributed by atoms with E-state index >= 15 is 0 Å². The van der Waals surface area contributed by atoms with Crippen molar-refractivity contribution in [3.8, 4) is 0 Å². The third-order valence-corrected chi connectivity index (χ3v) is 3.08. The molecule has 0 unspecified atom stereocenters. The predicted octanol–water partition coefficient (Wildman–Crippen LogP) is 0.215. The largest absolute Gasteiger partial charge is 0.351 e. The number of H-pyrrole nitrogens is 2. The van der Waals surface area contributed by atoms with E-state index in [1.807, 2.05) is 18.2 Å². The van der Waals surface area contributed by atoms with Crippen molar-refractivity contribution >= 4 is 16.9 Å². The van der Waals surface area contributed by atoms with E-state index in [0.29, 0.717) is 13.3 Å². The fourth-order valence-electron chi connectivity index (χ4n) is 2.09. The molecule has 1 aliphatic heterocycles. The third kappa shape index (κ3) is 2.02. The van der Waals surface area contributed by atoms with Crippen molar-refractivity contribution in [1.82, 2.24) is 14.9 Å². The van der Waals surface area contributed by atoms with Crippen molar-refractivity contribution in [2.24, 2.45) is 0 Å². The maximum absolute atomic E-state index is 11.4. The van der Waals surface area contributed by atoms with Crippen LogP contribution in [0.15, 0.2) is 23.0 Å². The lowest BCUT2D eigenvalue weighted by atomic mass is 10.1. The highest BCUT2D eigenvalue weighted by Gasteiger charge is 2.19. The topological polar surface area (TPSA) is 78.2 Å². The van der Waals surface area contributed by atoms with Crippen LogP contribution >= 0.6 is 0 Å². The zero-order valence-corrected chi connectivity index (χ0v) is 9.73. The number of hydrogen-bond donors (Lipinski definition) is 2. The van der Waals surface area contributed by atoms with Crippen LogP contribution in [0.5, 0.6) is 0 Å². The number of carbonyl (C=O) groups is 1. The van der Waals surface area contributed by atoms with E-state index in [0.717, 1.165) is 23.0 Å². The fraction of sp³-hybridized carbons (Fsp3) is 0.333. The lowest BCUT2D eigenvalue weighted by molar-refractivity contribution is -0.126. The zero-order chi connectivity index (χ0) is 12.5. The molecule has 2 N–H and O–H groups in total. The summed E-state index contributed by atoms with van der Waals surface area (Å²) in [6.45, 7) is 1.20. The molecule has 1 aromatic carbocycles. The first-order valence-corrected chi connectivity index (χ1v) is 5.79. The highest BCUT2D eigenvalue weighted by molar-refractivity contribution is 5.78. The number of amides is 1. The quantitative estimate of drug-likeness (QED) is 0.814. The fourth-order valence-corrected chi connectivity index (χ4v) is 2.09. The van der Waals surface area contributed by atoms with Crippen molar-refractivity contribution in [2.75, 3.05) is 19.9 Å². The second-order valence-corrected chi connectivity index (χ2v) is 4.34. The van der Waals surface area contributed by atoms with E-state index in [9.17, 15) is 9.59 Å². The number of aromatic amines is 2. The number of imidazole rings is 1. The van der Waals surface area contributed by atoms with Gasteiger partial charge < -0.3 is 19.6 Å². The minimum Gasteiger partial charge on any atom is -0.351 e. The van der Waals surface area contributed by atoms with E-state index < -0.39 is 0 Å². The van der Waals surface area contributed by atoms with Gasteiger partial charge >= 0.3 is 5.69 Å². The lowest BCUT2D eigenvalue weighted by Crippen LogP contribution is -2.27. The molecule has 1 aromatic heterocycles. The number of aromatic nitrogens is 2. The van der Waals surface area contributed by atoms with Gasteiger partial charge in [0.1, 0.15) is 13.3 Å². The van der Waals surface area contributed by atoms with E-state index in [4.69, 9.17) is 4.74 Å². The second-order valence-electron chi connectivity index (χ2n) is 4.34. The molecule has 3 rings (SSSR count). The number of benzene rings is 1. The summed E-state index contributed by atoms with van der Waals surface area (Å²) in [5, 5.41) is 0. The Balaban J connectivity index is 1.74. The number of nitrogens with one attached hydrogen (secondary N) is 2. The van der Waals surface area contributed by atoms with Crippen LogP contribution in [0.2, 0.25) is 0 Å². The van der Waals surface area contributed by atoms with Crippen molar-refractivity contribution in [3.63, 3.8) is 0 Å². The van der Waals surface area contributed by atoms with Crippen molar-refractivity contribution < 1.29 is 9.53 Å².